The largest absolute Gasteiger partial charge is 0.0843 e. The molecule has 0 saturated heterocycles. The average molecular weight is 382 g/mol. The second-order valence-electron chi connectivity index (χ2n) is 6.07. The van der Waals surface area contributed by atoms with Crippen molar-refractivity contribution < 1.29 is 0 Å². The van der Waals surface area contributed by atoms with E-state index in [-0.39, 0.29) is 4.83 Å². The summed E-state index contributed by atoms with van der Waals surface area (Å²) in [6, 6.07) is 14.6. The second-order valence-corrected chi connectivity index (χ2v) is 7.90. The molecule has 2 aliphatic carbocycles. The fraction of sp³-hybridized carbons (Fsp3) is 0.333. The zero-order valence-corrected chi connectivity index (χ0v) is 14.5. The molecule has 0 amide bonds. The van der Waals surface area contributed by atoms with Crippen LogP contribution in [0.3, 0.4) is 0 Å². The Morgan fingerprint density at radius 1 is 1.10 bits per heavy atom. The van der Waals surface area contributed by atoms with Crippen molar-refractivity contribution in [1.82, 2.24) is 0 Å². The van der Waals surface area contributed by atoms with Crippen molar-refractivity contribution in [2.45, 2.75) is 23.6 Å². The molecule has 0 bridgehead atoms. The molecule has 0 spiro atoms. The van der Waals surface area contributed by atoms with Crippen LogP contribution in [-0.2, 0) is 6.42 Å². The Kier molecular flexibility index (Phi) is 3.56. The van der Waals surface area contributed by atoms with Crippen LogP contribution >= 0.6 is 39.1 Å². The predicted molar refractivity (Wildman–Crippen MR) is 92.6 cm³/mol. The summed E-state index contributed by atoms with van der Waals surface area (Å²) in [5.41, 5.74) is 4.19. The van der Waals surface area contributed by atoms with Gasteiger partial charge in [0, 0.05) is 14.9 Å². The molecule has 2 aliphatic rings. The molecule has 2 aromatic rings. The third-order valence-corrected chi connectivity index (χ3v) is 6.67. The van der Waals surface area contributed by atoms with Gasteiger partial charge in [-0.25, -0.2) is 0 Å². The molecule has 3 heteroatoms. The molecule has 4 rings (SSSR count). The molecule has 2 aromatic carbocycles. The van der Waals surface area contributed by atoms with E-state index in [1.165, 1.54) is 18.4 Å². The van der Waals surface area contributed by atoms with E-state index in [0.717, 1.165) is 21.5 Å². The third-order valence-electron chi connectivity index (χ3n) is 4.98. The van der Waals surface area contributed by atoms with Gasteiger partial charge in [-0.1, -0.05) is 63.4 Å². The Balaban J connectivity index is 1.66. The van der Waals surface area contributed by atoms with Crippen LogP contribution in [0, 0.1) is 11.8 Å². The lowest BCUT2D eigenvalue weighted by Crippen LogP contribution is -2.00. The normalized spacial score (nSPS) is 27.7. The van der Waals surface area contributed by atoms with Crippen LogP contribution in [0.2, 0.25) is 10.0 Å². The van der Waals surface area contributed by atoms with Crippen LogP contribution in [0.1, 0.15) is 33.9 Å². The Bertz CT molecular complexity index is 697. The van der Waals surface area contributed by atoms with Gasteiger partial charge in [-0.05, 0) is 65.5 Å². The van der Waals surface area contributed by atoms with Crippen LogP contribution in [0.15, 0.2) is 42.5 Å². The van der Waals surface area contributed by atoms with Crippen molar-refractivity contribution >= 4 is 39.1 Å². The molecule has 0 N–H and O–H groups in total. The van der Waals surface area contributed by atoms with Gasteiger partial charge in [0.15, 0.2) is 0 Å². The highest BCUT2D eigenvalue weighted by molar-refractivity contribution is 9.09. The minimum Gasteiger partial charge on any atom is -0.0843 e. The number of hydrogen-bond acceptors (Lipinski definition) is 0. The molecule has 4 atom stereocenters. The van der Waals surface area contributed by atoms with E-state index >= 15 is 0 Å². The van der Waals surface area contributed by atoms with E-state index in [9.17, 15) is 0 Å². The first-order valence-corrected chi connectivity index (χ1v) is 9.01. The number of halogens is 3. The van der Waals surface area contributed by atoms with E-state index < -0.39 is 0 Å². The van der Waals surface area contributed by atoms with Gasteiger partial charge < -0.3 is 0 Å². The molecular formula is C18H15BrCl2. The number of rotatable bonds is 2. The Morgan fingerprint density at radius 2 is 1.90 bits per heavy atom. The summed E-state index contributed by atoms with van der Waals surface area (Å²) in [6.45, 7) is 0. The van der Waals surface area contributed by atoms with E-state index in [1.807, 2.05) is 18.2 Å². The molecule has 0 radical (unpaired) electrons. The van der Waals surface area contributed by atoms with Gasteiger partial charge in [0.05, 0.1) is 0 Å². The first-order valence-electron chi connectivity index (χ1n) is 7.33. The van der Waals surface area contributed by atoms with Crippen LogP contribution in [0.4, 0.5) is 0 Å². The highest BCUT2D eigenvalue weighted by Gasteiger charge is 2.56. The highest BCUT2D eigenvalue weighted by atomic mass is 79.9. The lowest BCUT2D eigenvalue weighted by molar-refractivity contribution is 0.627. The van der Waals surface area contributed by atoms with Gasteiger partial charge in [0.1, 0.15) is 0 Å². The van der Waals surface area contributed by atoms with Crippen LogP contribution in [0.5, 0.6) is 0 Å². The maximum absolute atomic E-state index is 6.37. The van der Waals surface area contributed by atoms with E-state index in [2.05, 4.69) is 40.2 Å². The summed E-state index contributed by atoms with van der Waals surface area (Å²) in [5.74, 6) is 2.08. The van der Waals surface area contributed by atoms with Crippen molar-refractivity contribution in [2.24, 2.45) is 11.8 Å². The minimum absolute atomic E-state index is 0.282. The van der Waals surface area contributed by atoms with Crippen LogP contribution in [-0.4, -0.2) is 0 Å². The molecule has 1 saturated carbocycles. The summed E-state index contributed by atoms with van der Waals surface area (Å²) < 4.78 is 0. The lowest BCUT2D eigenvalue weighted by atomic mass is 9.92. The molecule has 108 valence electrons. The van der Waals surface area contributed by atoms with Crippen LogP contribution < -0.4 is 0 Å². The maximum Gasteiger partial charge on any atom is 0.0450 e. The first-order chi connectivity index (χ1) is 10.2. The SMILES string of the molecule is Clc1ccc(Cl)c(C(Br)C2C3CCc4ccccc4C32)c1. The number of fused-ring (bicyclic) bond motifs is 3. The summed E-state index contributed by atoms with van der Waals surface area (Å²) in [4.78, 5) is 0.282. The Labute approximate surface area is 143 Å². The zero-order chi connectivity index (χ0) is 14.6. The monoisotopic (exact) mass is 380 g/mol. The Hall–Kier alpha value is -0.500. The van der Waals surface area contributed by atoms with Gasteiger partial charge in [0.2, 0.25) is 0 Å². The zero-order valence-electron chi connectivity index (χ0n) is 11.4. The number of alkyl halides is 1. The van der Waals surface area contributed by atoms with Crippen molar-refractivity contribution in [2.75, 3.05) is 0 Å². The van der Waals surface area contributed by atoms with E-state index in [0.29, 0.717) is 11.8 Å². The fourth-order valence-electron chi connectivity index (χ4n) is 3.95. The van der Waals surface area contributed by atoms with Crippen LogP contribution in [0.25, 0.3) is 0 Å². The fourth-order valence-corrected chi connectivity index (χ4v) is 5.60. The lowest BCUT2D eigenvalue weighted by Gasteiger charge is -2.14. The molecule has 0 nitrogen and oxygen atoms in total. The third kappa shape index (κ3) is 2.34. The average Bonchev–Trinajstić information content (AvgIpc) is 3.24. The molecule has 0 heterocycles. The molecule has 4 unspecified atom stereocenters. The van der Waals surface area contributed by atoms with Gasteiger partial charge in [-0.15, -0.1) is 0 Å². The number of hydrogen-bond donors (Lipinski definition) is 0. The van der Waals surface area contributed by atoms with E-state index in [4.69, 9.17) is 23.2 Å². The van der Waals surface area contributed by atoms with Crippen molar-refractivity contribution in [3.63, 3.8) is 0 Å². The second kappa shape index (κ2) is 5.30. The Morgan fingerprint density at radius 3 is 2.76 bits per heavy atom. The van der Waals surface area contributed by atoms with Gasteiger partial charge >= 0.3 is 0 Å². The standard InChI is InChI=1S/C18H15BrCl2/c19-18(14-9-11(20)6-8-15(14)21)17-13-7-5-10-3-1-2-4-12(10)16(13)17/h1-4,6,8-9,13,16-18H,5,7H2. The molecule has 0 aromatic heterocycles. The number of benzene rings is 2. The smallest absolute Gasteiger partial charge is 0.0450 e. The first kappa shape index (κ1) is 14.1. The summed E-state index contributed by atoms with van der Waals surface area (Å²) in [7, 11) is 0. The van der Waals surface area contributed by atoms with Gasteiger partial charge in [-0.2, -0.15) is 0 Å². The summed E-state index contributed by atoms with van der Waals surface area (Å²) in [5, 5.41) is 1.56. The topological polar surface area (TPSA) is 0 Å². The van der Waals surface area contributed by atoms with Gasteiger partial charge in [0.25, 0.3) is 0 Å². The molecule has 21 heavy (non-hydrogen) atoms. The van der Waals surface area contributed by atoms with Gasteiger partial charge in [-0.3, -0.25) is 0 Å². The maximum atomic E-state index is 6.37. The quantitative estimate of drug-likeness (QED) is 0.527. The van der Waals surface area contributed by atoms with E-state index in [1.54, 1.807) is 5.56 Å². The van der Waals surface area contributed by atoms with Crippen molar-refractivity contribution in [1.29, 1.82) is 0 Å². The molecule has 1 fully saturated rings. The van der Waals surface area contributed by atoms with Crippen molar-refractivity contribution in [3.05, 3.63) is 69.2 Å². The molecule has 0 aliphatic heterocycles. The number of aryl methyl sites for hydroxylation is 1. The minimum atomic E-state index is 0.282. The predicted octanol–water partition coefficient (Wildman–Crippen LogP) is 6.41. The highest BCUT2D eigenvalue weighted by Crippen LogP contribution is 2.66. The molecular weight excluding hydrogens is 367 g/mol. The summed E-state index contributed by atoms with van der Waals surface area (Å²) in [6.07, 6.45) is 2.49. The summed E-state index contributed by atoms with van der Waals surface area (Å²) >= 11 is 16.4. The van der Waals surface area contributed by atoms with Crippen molar-refractivity contribution in [3.8, 4) is 0 Å².